The molecular formula is C22H21N5O7. The van der Waals surface area contributed by atoms with E-state index in [1.807, 2.05) is 24.3 Å². The number of H-pyrrole nitrogens is 1. The normalized spacial score (nSPS) is 10.6. The lowest BCUT2D eigenvalue weighted by Gasteiger charge is -2.17. The fraction of sp³-hybridized carbons (Fsp3) is 0.273. The molecule has 0 aliphatic carbocycles. The number of hydrogen-bond acceptors (Lipinski definition) is 7. The number of aromatic nitrogens is 3. The van der Waals surface area contributed by atoms with Crippen LogP contribution >= 0.6 is 0 Å². The minimum atomic E-state index is -1.46. The maximum atomic E-state index is 12.5. The molecule has 2 heterocycles. The Labute approximate surface area is 193 Å². The predicted octanol–water partition coefficient (Wildman–Crippen LogP) is 2.33. The van der Waals surface area contributed by atoms with Gasteiger partial charge in [0.05, 0.1) is 5.56 Å². The van der Waals surface area contributed by atoms with E-state index < -0.39 is 37.0 Å². The van der Waals surface area contributed by atoms with Gasteiger partial charge in [0.2, 0.25) is 5.88 Å². The van der Waals surface area contributed by atoms with Crippen LogP contribution in [0.15, 0.2) is 24.3 Å². The first-order valence-corrected chi connectivity index (χ1v) is 10.3. The third-order valence-electron chi connectivity index (χ3n) is 4.95. The fourth-order valence-electron chi connectivity index (χ4n) is 3.32. The number of carbonyl (C=O) groups excluding carboxylic acids is 2. The Morgan fingerprint density at radius 3 is 2.38 bits per heavy atom. The highest BCUT2D eigenvalue weighted by Crippen LogP contribution is 2.30. The molecule has 0 radical (unpaired) electrons. The van der Waals surface area contributed by atoms with E-state index in [1.165, 1.54) is 0 Å². The number of rotatable bonds is 10. The number of carboxylic acid groups (broad SMARTS) is 2. The van der Waals surface area contributed by atoms with Gasteiger partial charge in [-0.3, -0.25) is 19.3 Å². The second-order valence-electron chi connectivity index (χ2n) is 7.37. The number of nitriles is 1. The minimum absolute atomic E-state index is 0.0856. The average molecular weight is 467 g/mol. The van der Waals surface area contributed by atoms with Crippen LogP contribution in [0.1, 0.15) is 41.3 Å². The molecule has 0 spiro atoms. The van der Waals surface area contributed by atoms with Crippen molar-refractivity contribution in [2.75, 3.05) is 13.1 Å². The van der Waals surface area contributed by atoms with Crippen LogP contribution in [-0.4, -0.2) is 67.1 Å². The van der Waals surface area contributed by atoms with Crippen molar-refractivity contribution < 1.29 is 34.1 Å². The van der Waals surface area contributed by atoms with Crippen LogP contribution in [0.2, 0.25) is 0 Å². The number of aromatic amines is 1. The Hall–Kier alpha value is -4.66. The molecule has 0 atom stereocenters. The van der Waals surface area contributed by atoms with Gasteiger partial charge in [-0.15, -0.1) is 5.10 Å². The van der Waals surface area contributed by atoms with E-state index in [-0.39, 0.29) is 16.8 Å². The number of nitrogens with one attached hydrogen (secondary N) is 1. The van der Waals surface area contributed by atoms with Crippen molar-refractivity contribution in [1.29, 1.82) is 5.26 Å². The van der Waals surface area contributed by atoms with Gasteiger partial charge in [0.15, 0.2) is 12.1 Å². The SMILES string of the molecule is CCCCc1ccc(-c2nn3c(OC(=O)N(CC(=O)O)CC(=O)O)c(C#N)c(C=O)c3[nH]2)cc1. The number of aldehydes is 1. The van der Waals surface area contributed by atoms with Gasteiger partial charge in [0.1, 0.15) is 30.4 Å². The quantitative estimate of drug-likeness (QED) is 0.377. The molecule has 0 unspecified atom stereocenters. The highest BCUT2D eigenvalue weighted by atomic mass is 16.6. The maximum Gasteiger partial charge on any atom is 0.417 e. The number of nitrogens with zero attached hydrogens (tertiary/aromatic N) is 4. The Bertz CT molecular complexity index is 1270. The molecule has 0 aliphatic rings. The molecule has 1 aromatic carbocycles. The van der Waals surface area contributed by atoms with Crippen LogP contribution in [0.4, 0.5) is 4.79 Å². The maximum absolute atomic E-state index is 12.5. The summed E-state index contributed by atoms with van der Waals surface area (Å²) in [7, 11) is 0. The number of hydrogen-bond donors (Lipinski definition) is 3. The van der Waals surface area contributed by atoms with E-state index in [4.69, 9.17) is 14.9 Å². The molecule has 0 bridgehead atoms. The highest BCUT2D eigenvalue weighted by Gasteiger charge is 2.28. The van der Waals surface area contributed by atoms with Gasteiger partial charge in [-0.2, -0.15) is 9.78 Å². The van der Waals surface area contributed by atoms with Crippen molar-refractivity contribution in [3.8, 4) is 23.3 Å². The second-order valence-corrected chi connectivity index (χ2v) is 7.37. The van der Waals surface area contributed by atoms with Gasteiger partial charge in [-0.25, -0.2) is 4.79 Å². The van der Waals surface area contributed by atoms with Crippen LogP contribution in [0, 0.1) is 11.3 Å². The van der Waals surface area contributed by atoms with E-state index in [0.717, 1.165) is 29.3 Å². The van der Waals surface area contributed by atoms with Crippen LogP contribution in [0.25, 0.3) is 17.0 Å². The number of carbonyl (C=O) groups is 4. The molecule has 3 rings (SSSR count). The molecule has 3 N–H and O–H groups in total. The van der Waals surface area contributed by atoms with Gasteiger partial charge in [-0.1, -0.05) is 37.6 Å². The van der Waals surface area contributed by atoms with E-state index in [9.17, 15) is 24.4 Å². The molecule has 176 valence electrons. The van der Waals surface area contributed by atoms with E-state index in [0.29, 0.717) is 22.6 Å². The number of fused-ring (bicyclic) bond motifs is 1. The molecule has 2 aromatic heterocycles. The zero-order valence-electron chi connectivity index (χ0n) is 18.1. The molecule has 1 amide bonds. The Morgan fingerprint density at radius 1 is 1.21 bits per heavy atom. The molecule has 0 saturated heterocycles. The first-order valence-electron chi connectivity index (χ1n) is 10.3. The van der Waals surface area contributed by atoms with Gasteiger partial charge < -0.3 is 19.9 Å². The Kier molecular flexibility index (Phi) is 7.27. The predicted molar refractivity (Wildman–Crippen MR) is 117 cm³/mol. The number of amides is 1. The highest BCUT2D eigenvalue weighted by molar-refractivity contribution is 5.92. The van der Waals surface area contributed by atoms with E-state index >= 15 is 0 Å². The number of aryl methyl sites for hydroxylation is 1. The summed E-state index contributed by atoms with van der Waals surface area (Å²) >= 11 is 0. The fourth-order valence-corrected chi connectivity index (χ4v) is 3.32. The monoisotopic (exact) mass is 467 g/mol. The van der Waals surface area contributed by atoms with Gasteiger partial charge in [0.25, 0.3) is 0 Å². The van der Waals surface area contributed by atoms with Gasteiger partial charge >= 0.3 is 18.0 Å². The van der Waals surface area contributed by atoms with Crippen LogP contribution in [-0.2, 0) is 16.0 Å². The van der Waals surface area contributed by atoms with Crippen molar-refractivity contribution in [3.63, 3.8) is 0 Å². The summed E-state index contributed by atoms with van der Waals surface area (Å²) < 4.78 is 6.21. The second kappa shape index (κ2) is 10.3. The molecule has 0 aliphatic heterocycles. The van der Waals surface area contributed by atoms with Crippen molar-refractivity contribution in [2.24, 2.45) is 0 Å². The number of aliphatic carboxylic acids is 2. The summed E-state index contributed by atoms with van der Waals surface area (Å²) in [6.07, 6.45) is 2.12. The van der Waals surface area contributed by atoms with Gasteiger partial charge in [0, 0.05) is 5.56 Å². The summed E-state index contributed by atoms with van der Waals surface area (Å²) in [5.74, 6) is -3.03. The lowest BCUT2D eigenvalue weighted by molar-refractivity contribution is -0.140. The molecule has 34 heavy (non-hydrogen) atoms. The van der Waals surface area contributed by atoms with Crippen molar-refractivity contribution >= 4 is 30.0 Å². The zero-order chi connectivity index (χ0) is 24.8. The van der Waals surface area contributed by atoms with Crippen LogP contribution < -0.4 is 4.74 Å². The molecule has 12 nitrogen and oxygen atoms in total. The minimum Gasteiger partial charge on any atom is -0.480 e. The first kappa shape index (κ1) is 24.0. The summed E-state index contributed by atoms with van der Waals surface area (Å²) in [6, 6.07) is 9.32. The first-order chi connectivity index (χ1) is 16.3. The smallest absolute Gasteiger partial charge is 0.417 e. The Balaban J connectivity index is 2.01. The molecule has 12 heteroatoms. The number of unbranched alkanes of at least 4 members (excludes halogenated alkanes) is 1. The third kappa shape index (κ3) is 5.04. The summed E-state index contributed by atoms with van der Waals surface area (Å²) in [5, 5.41) is 31.8. The Morgan fingerprint density at radius 2 is 1.85 bits per heavy atom. The van der Waals surface area contributed by atoms with E-state index in [2.05, 4.69) is 17.0 Å². The third-order valence-corrected chi connectivity index (χ3v) is 4.95. The van der Waals surface area contributed by atoms with Crippen LogP contribution in [0.3, 0.4) is 0 Å². The molecule has 3 aromatic rings. The lowest BCUT2D eigenvalue weighted by Crippen LogP contribution is -2.41. The molecule has 0 saturated carbocycles. The topological polar surface area (TPSA) is 178 Å². The molecular weight excluding hydrogens is 446 g/mol. The van der Waals surface area contributed by atoms with E-state index in [1.54, 1.807) is 6.07 Å². The van der Waals surface area contributed by atoms with Gasteiger partial charge in [-0.05, 0) is 18.4 Å². The summed E-state index contributed by atoms with van der Waals surface area (Å²) in [4.78, 5) is 49.6. The lowest BCUT2D eigenvalue weighted by atomic mass is 10.1. The number of carboxylic acids is 2. The zero-order valence-corrected chi connectivity index (χ0v) is 18.1. The average Bonchev–Trinajstić information content (AvgIpc) is 3.34. The van der Waals surface area contributed by atoms with Crippen molar-refractivity contribution in [3.05, 3.63) is 41.0 Å². The largest absolute Gasteiger partial charge is 0.480 e. The number of ether oxygens (including phenoxy) is 1. The van der Waals surface area contributed by atoms with Crippen molar-refractivity contribution in [1.82, 2.24) is 19.5 Å². The van der Waals surface area contributed by atoms with Crippen LogP contribution in [0.5, 0.6) is 5.88 Å². The standard InChI is InChI=1S/C22H21N5O7/c1-2-3-4-13-5-7-14(8-6-13)19-24-20-16(12-28)15(9-23)21(27(20)25-19)34-22(33)26(10-17(29)30)11-18(31)32/h5-8,12H,2-4,10-11H2,1H3,(H,24,25)(H,29,30)(H,31,32). The summed E-state index contributed by atoms with van der Waals surface area (Å²) in [5.41, 5.74) is 1.48. The van der Waals surface area contributed by atoms with Crippen molar-refractivity contribution in [2.45, 2.75) is 26.2 Å². The molecule has 0 fully saturated rings. The number of benzene rings is 1. The summed E-state index contributed by atoms with van der Waals surface area (Å²) in [6.45, 7) is 0.212.